The SMILES string of the molecule is NCC1CCN(c2c(C(N)=O)cnc3ccccc23)CC1. The minimum Gasteiger partial charge on any atom is -0.370 e. The number of benzene rings is 1. The number of pyridine rings is 1. The van der Waals surface area contributed by atoms with Gasteiger partial charge in [-0.05, 0) is 31.4 Å². The highest BCUT2D eigenvalue weighted by molar-refractivity contribution is 6.06. The van der Waals surface area contributed by atoms with Crippen LogP contribution in [0.1, 0.15) is 23.2 Å². The molecule has 1 saturated heterocycles. The highest BCUT2D eigenvalue weighted by Gasteiger charge is 2.23. The van der Waals surface area contributed by atoms with E-state index in [1.54, 1.807) is 6.20 Å². The zero-order valence-corrected chi connectivity index (χ0v) is 12.0. The number of amides is 1. The van der Waals surface area contributed by atoms with Crippen LogP contribution in [-0.2, 0) is 0 Å². The van der Waals surface area contributed by atoms with Gasteiger partial charge >= 0.3 is 0 Å². The summed E-state index contributed by atoms with van der Waals surface area (Å²) in [6.45, 7) is 2.53. The van der Waals surface area contributed by atoms with Gasteiger partial charge in [-0.15, -0.1) is 0 Å². The van der Waals surface area contributed by atoms with E-state index in [4.69, 9.17) is 11.5 Å². The van der Waals surface area contributed by atoms with Crippen LogP contribution in [0.15, 0.2) is 30.5 Å². The van der Waals surface area contributed by atoms with Crippen molar-refractivity contribution in [2.75, 3.05) is 24.5 Å². The Morgan fingerprint density at radius 3 is 2.67 bits per heavy atom. The fraction of sp³-hybridized carbons (Fsp3) is 0.375. The van der Waals surface area contributed by atoms with Gasteiger partial charge in [-0.2, -0.15) is 0 Å². The summed E-state index contributed by atoms with van der Waals surface area (Å²) >= 11 is 0. The van der Waals surface area contributed by atoms with Gasteiger partial charge in [0.2, 0.25) is 0 Å². The van der Waals surface area contributed by atoms with Crippen molar-refractivity contribution in [3.63, 3.8) is 0 Å². The monoisotopic (exact) mass is 284 g/mol. The highest BCUT2D eigenvalue weighted by Crippen LogP contribution is 2.32. The molecule has 0 saturated carbocycles. The maximum Gasteiger partial charge on any atom is 0.252 e. The molecule has 1 amide bonds. The quantitative estimate of drug-likeness (QED) is 0.894. The minimum absolute atomic E-state index is 0.427. The molecule has 2 heterocycles. The van der Waals surface area contributed by atoms with E-state index in [2.05, 4.69) is 9.88 Å². The molecular weight excluding hydrogens is 264 g/mol. The molecule has 5 heteroatoms. The Morgan fingerprint density at radius 1 is 1.29 bits per heavy atom. The van der Waals surface area contributed by atoms with Crippen molar-refractivity contribution in [3.8, 4) is 0 Å². The summed E-state index contributed by atoms with van der Waals surface area (Å²) in [5.41, 5.74) is 13.6. The van der Waals surface area contributed by atoms with Gasteiger partial charge in [0.25, 0.3) is 5.91 Å². The average Bonchev–Trinajstić information content (AvgIpc) is 2.53. The van der Waals surface area contributed by atoms with E-state index in [1.807, 2.05) is 24.3 Å². The number of anilines is 1. The van der Waals surface area contributed by atoms with Crippen molar-refractivity contribution in [2.45, 2.75) is 12.8 Å². The van der Waals surface area contributed by atoms with Crippen molar-refractivity contribution < 1.29 is 4.79 Å². The Hall–Kier alpha value is -2.14. The summed E-state index contributed by atoms with van der Waals surface area (Å²) in [6, 6.07) is 7.87. The van der Waals surface area contributed by atoms with Crippen LogP contribution in [0.4, 0.5) is 5.69 Å². The van der Waals surface area contributed by atoms with Gasteiger partial charge in [-0.25, -0.2) is 0 Å². The molecule has 1 aromatic heterocycles. The standard InChI is InChI=1S/C16H20N4O/c17-9-11-5-7-20(8-6-11)15-12-3-1-2-4-14(12)19-10-13(15)16(18)21/h1-4,10-11H,5-9,17H2,(H2,18,21). The van der Waals surface area contributed by atoms with Gasteiger partial charge in [0.05, 0.1) is 16.8 Å². The van der Waals surface area contributed by atoms with E-state index in [-0.39, 0.29) is 0 Å². The normalized spacial score (nSPS) is 16.3. The number of hydrogen-bond acceptors (Lipinski definition) is 4. The fourth-order valence-corrected chi connectivity index (χ4v) is 3.04. The molecule has 0 atom stereocenters. The smallest absolute Gasteiger partial charge is 0.252 e. The van der Waals surface area contributed by atoms with E-state index in [0.717, 1.165) is 49.1 Å². The number of piperidine rings is 1. The Labute approximate surface area is 123 Å². The van der Waals surface area contributed by atoms with Crippen molar-refractivity contribution in [2.24, 2.45) is 17.4 Å². The van der Waals surface area contributed by atoms with Crippen molar-refractivity contribution >= 4 is 22.5 Å². The van der Waals surface area contributed by atoms with Gasteiger partial charge in [0.15, 0.2) is 0 Å². The lowest BCUT2D eigenvalue weighted by molar-refractivity contribution is 0.100. The van der Waals surface area contributed by atoms with Gasteiger partial charge in [0.1, 0.15) is 0 Å². The van der Waals surface area contributed by atoms with Gasteiger partial charge in [0, 0.05) is 24.7 Å². The van der Waals surface area contributed by atoms with Crippen molar-refractivity contribution in [1.29, 1.82) is 0 Å². The molecule has 1 fully saturated rings. The summed E-state index contributed by atoms with van der Waals surface area (Å²) < 4.78 is 0. The second-order valence-electron chi connectivity index (χ2n) is 5.57. The number of carbonyl (C=O) groups excluding carboxylic acids is 1. The fourth-order valence-electron chi connectivity index (χ4n) is 3.04. The first-order valence-electron chi connectivity index (χ1n) is 7.33. The number of nitrogens with two attached hydrogens (primary N) is 2. The van der Waals surface area contributed by atoms with Crippen molar-refractivity contribution in [3.05, 3.63) is 36.0 Å². The van der Waals surface area contributed by atoms with Crippen LogP contribution in [0.5, 0.6) is 0 Å². The predicted octanol–water partition coefficient (Wildman–Crippen LogP) is 1.51. The van der Waals surface area contributed by atoms with E-state index < -0.39 is 5.91 Å². The highest BCUT2D eigenvalue weighted by atomic mass is 16.1. The van der Waals surface area contributed by atoms with Gasteiger partial charge in [-0.3, -0.25) is 9.78 Å². The van der Waals surface area contributed by atoms with Crippen LogP contribution in [0.2, 0.25) is 0 Å². The molecule has 5 nitrogen and oxygen atoms in total. The second kappa shape index (κ2) is 5.69. The summed E-state index contributed by atoms with van der Waals surface area (Å²) in [5, 5.41) is 0.986. The van der Waals surface area contributed by atoms with E-state index in [1.165, 1.54) is 0 Å². The molecule has 1 aliphatic rings. The first-order valence-corrected chi connectivity index (χ1v) is 7.33. The third-order valence-corrected chi connectivity index (χ3v) is 4.28. The molecular formula is C16H20N4O. The second-order valence-corrected chi connectivity index (χ2v) is 5.57. The Morgan fingerprint density at radius 2 is 2.00 bits per heavy atom. The van der Waals surface area contributed by atoms with E-state index in [9.17, 15) is 4.79 Å². The summed E-state index contributed by atoms with van der Waals surface area (Å²) in [7, 11) is 0. The number of aromatic nitrogens is 1. The maximum atomic E-state index is 11.8. The molecule has 2 aromatic rings. The minimum atomic E-state index is -0.427. The Balaban J connectivity index is 2.07. The molecule has 4 N–H and O–H groups in total. The number of para-hydroxylation sites is 1. The van der Waals surface area contributed by atoms with Gasteiger partial charge in [-0.1, -0.05) is 18.2 Å². The van der Waals surface area contributed by atoms with Crippen molar-refractivity contribution in [1.82, 2.24) is 4.98 Å². The summed E-state index contributed by atoms with van der Waals surface area (Å²) in [4.78, 5) is 18.4. The molecule has 110 valence electrons. The maximum absolute atomic E-state index is 11.8. The summed E-state index contributed by atoms with van der Waals surface area (Å²) in [6.07, 6.45) is 3.69. The topological polar surface area (TPSA) is 85.2 Å². The van der Waals surface area contributed by atoms with Crippen LogP contribution in [0, 0.1) is 5.92 Å². The largest absolute Gasteiger partial charge is 0.370 e. The van der Waals surface area contributed by atoms with E-state index >= 15 is 0 Å². The van der Waals surface area contributed by atoms with Crippen LogP contribution < -0.4 is 16.4 Å². The Bertz CT molecular complexity index is 662. The number of fused-ring (bicyclic) bond motifs is 1. The summed E-state index contributed by atoms with van der Waals surface area (Å²) in [5.74, 6) is 0.149. The first kappa shape index (κ1) is 13.8. The lowest BCUT2D eigenvalue weighted by atomic mass is 9.95. The van der Waals surface area contributed by atoms with Crippen LogP contribution in [0.25, 0.3) is 10.9 Å². The molecule has 0 aliphatic carbocycles. The van der Waals surface area contributed by atoms with Crippen LogP contribution in [-0.4, -0.2) is 30.5 Å². The molecule has 0 radical (unpaired) electrons. The van der Waals surface area contributed by atoms with Gasteiger partial charge < -0.3 is 16.4 Å². The molecule has 1 aromatic carbocycles. The molecule has 1 aliphatic heterocycles. The third kappa shape index (κ3) is 2.56. The molecule has 0 bridgehead atoms. The average molecular weight is 284 g/mol. The number of primary amides is 1. The van der Waals surface area contributed by atoms with E-state index in [0.29, 0.717) is 11.5 Å². The zero-order valence-electron chi connectivity index (χ0n) is 12.0. The lowest BCUT2D eigenvalue weighted by Crippen LogP contribution is -2.37. The predicted molar refractivity (Wildman–Crippen MR) is 84.3 cm³/mol. The molecule has 0 spiro atoms. The zero-order chi connectivity index (χ0) is 14.8. The molecule has 0 unspecified atom stereocenters. The third-order valence-electron chi connectivity index (χ3n) is 4.28. The number of nitrogens with zero attached hydrogens (tertiary/aromatic N) is 2. The lowest BCUT2D eigenvalue weighted by Gasteiger charge is -2.34. The number of hydrogen-bond donors (Lipinski definition) is 2. The van der Waals surface area contributed by atoms with Crippen LogP contribution in [0.3, 0.4) is 0 Å². The Kier molecular flexibility index (Phi) is 3.75. The molecule has 3 rings (SSSR count). The number of carbonyl (C=O) groups is 1. The van der Waals surface area contributed by atoms with Crippen LogP contribution >= 0.6 is 0 Å². The first-order chi connectivity index (χ1) is 10.2. The number of rotatable bonds is 3. The molecule has 21 heavy (non-hydrogen) atoms.